The number of amides is 1. The number of benzene rings is 1. The highest BCUT2D eigenvalue weighted by atomic mass is 16.5. The first-order chi connectivity index (χ1) is 12.0. The van der Waals surface area contributed by atoms with E-state index in [0.29, 0.717) is 37.0 Å². The summed E-state index contributed by atoms with van der Waals surface area (Å²) in [5.74, 6) is 1.39. The molecule has 7 heteroatoms. The van der Waals surface area contributed by atoms with Crippen molar-refractivity contribution in [2.45, 2.75) is 26.3 Å². The zero-order chi connectivity index (χ0) is 17.8. The minimum absolute atomic E-state index is 0.199. The molecular weight excluding hydrogens is 320 g/mol. The summed E-state index contributed by atoms with van der Waals surface area (Å²) in [7, 11) is 3.94. The van der Waals surface area contributed by atoms with Crippen molar-refractivity contribution in [2.75, 3.05) is 20.6 Å². The van der Waals surface area contributed by atoms with Crippen LogP contribution in [0.25, 0.3) is 11.0 Å². The van der Waals surface area contributed by atoms with Crippen LogP contribution in [0, 0.1) is 6.92 Å². The Balaban J connectivity index is 1.66. The van der Waals surface area contributed by atoms with E-state index >= 15 is 0 Å². The minimum Gasteiger partial charge on any atom is -0.451 e. The number of rotatable bonds is 7. The van der Waals surface area contributed by atoms with Gasteiger partial charge in [-0.2, -0.15) is 4.98 Å². The van der Waals surface area contributed by atoms with Crippen molar-refractivity contribution in [2.24, 2.45) is 0 Å². The molecule has 3 rings (SSSR count). The lowest BCUT2D eigenvalue weighted by Gasteiger charge is -2.10. The first-order valence-corrected chi connectivity index (χ1v) is 8.27. The number of aryl methyl sites for hydroxylation is 2. The van der Waals surface area contributed by atoms with E-state index < -0.39 is 0 Å². The van der Waals surface area contributed by atoms with Crippen LogP contribution < -0.4 is 5.32 Å². The maximum atomic E-state index is 12.6. The van der Waals surface area contributed by atoms with Gasteiger partial charge in [-0.1, -0.05) is 23.4 Å². The number of carbonyl (C=O) groups excluding carboxylic acids is 1. The Morgan fingerprint density at radius 3 is 2.80 bits per heavy atom. The molecular formula is C18H22N4O3. The fourth-order valence-electron chi connectivity index (χ4n) is 2.72. The van der Waals surface area contributed by atoms with Crippen molar-refractivity contribution in [3.8, 4) is 0 Å². The third-order valence-electron chi connectivity index (χ3n) is 3.80. The van der Waals surface area contributed by atoms with Crippen LogP contribution >= 0.6 is 0 Å². The molecule has 0 aliphatic heterocycles. The van der Waals surface area contributed by atoms with Gasteiger partial charge in [-0.05, 0) is 33.5 Å². The molecule has 0 unspecified atom stereocenters. The lowest BCUT2D eigenvalue weighted by Crippen LogP contribution is -2.26. The number of nitrogens with one attached hydrogen (secondary N) is 1. The third-order valence-corrected chi connectivity index (χ3v) is 3.80. The van der Waals surface area contributed by atoms with E-state index in [1.54, 1.807) is 6.92 Å². The van der Waals surface area contributed by atoms with Crippen molar-refractivity contribution < 1.29 is 13.7 Å². The van der Waals surface area contributed by atoms with Crippen molar-refractivity contribution in [3.05, 3.63) is 47.3 Å². The summed E-state index contributed by atoms with van der Waals surface area (Å²) in [5.41, 5.74) is 1.64. The van der Waals surface area contributed by atoms with Crippen molar-refractivity contribution in [3.63, 3.8) is 0 Å². The SMILES string of the molecule is Cc1noc(CCCNC(=O)c2oc3ccccc3c2CN(C)C)n1. The molecule has 0 atom stereocenters. The predicted molar refractivity (Wildman–Crippen MR) is 93.3 cm³/mol. The van der Waals surface area contributed by atoms with Gasteiger partial charge in [0.05, 0.1) is 0 Å². The lowest BCUT2D eigenvalue weighted by molar-refractivity contribution is 0.0925. The van der Waals surface area contributed by atoms with Gasteiger partial charge >= 0.3 is 0 Å². The maximum absolute atomic E-state index is 12.6. The second-order valence-corrected chi connectivity index (χ2v) is 6.24. The Morgan fingerprint density at radius 1 is 1.28 bits per heavy atom. The van der Waals surface area contributed by atoms with Crippen LogP contribution in [-0.4, -0.2) is 41.6 Å². The van der Waals surface area contributed by atoms with Crippen molar-refractivity contribution in [1.82, 2.24) is 20.4 Å². The summed E-state index contributed by atoms with van der Waals surface area (Å²) in [6.45, 7) is 2.93. The molecule has 0 bridgehead atoms. The lowest BCUT2D eigenvalue weighted by atomic mass is 10.1. The molecule has 2 heterocycles. The van der Waals surface area contributed by atoms with Crippen LogP contribution in [0.3, 0.4) is 0 Å². The van der Waals surface area contributed by atoms with E-state index in [1.165, 1.54) is 0 Å². The summed E-state index contributed by atoms with van der Waals surface area (Å²) in [6, 6.07) is 7.71. The van der Waals surface area contributed by atoms with E-state index in [9.17, 15) is 4.79 Å². The van der Waals surface area contributed by atoms with E-state index in [0.717, 1.165) is 23.0 Å². The molecule has 0 radical (unpaired) electrons. The van der Waals surface area contributed by atoms with Crippen LogP contribution in [-0.2, 0) is 13.0 Å². The minimum atomic E-state index is -0.199. The van der Waals surface area contributed by atoms with Crippen LogP contribution in [0.4, 0.5) is 0 Å². The number of para-hydroxylation sites is 1. The number of nitrogens with zero attached hydrogens (tertiary/aromatic N) is 3. The van der Waals surface area contributed by atoms with Gasteiger partial charge in [-0.15, -0.1) is 0 Å². The zero-order valence-corrected chi connectivity index (χ0v) is 14.7. The average molecular weight is 342 g/mol. The van der Waals surface area contributed by atoms with Crippen molar-refractivity contribution in [1.29, 1.82) is 0 Å². The van der Waals surface area contributed by atoms with Gasteiger partial charge in [0.15, 0.2) is 11.6 Å². The van der Waals surface area contributed by atoms with Crippen LogP contribution in [0.1, 0.15) is 34.3 Å². The van der Waals surface area contributed by atoms with Gasteiger partial charge in [0.25, 0.3) is 5.91 Å². The quantitative estimate of drug-likeness (QED) is 0.664. The Labute approximate surface area is 146 Å². The summed E-state index contributed by atoms with van der Waals surface area (Å²) < 4.78 is 10.9. The van der Waals surface area contributed by atoms with Gasteiger partial charge in [0, 0.05) is 30.5 Å². The molecule has 0 saturated carbocycles. The van der Waals surface area contributed by atoms with E-state index in [-0.39, 0.29) is 5.91 Å². The number of aromatic nitrogens is 2. The van der Waals surface area contributed by atoms with Crippen LogP contribution in [0.2, 0.25) is 0 Å². The molecule has 25 heavy (non-hydrogen) atoms. The number of carbonyl (C=O) groups is 1. The average Bonchev–Trinajstić information content (AvgIpc) is 3.15. The summed E-state index contributed by atoms with van der Waals surface area (Å²) in [4.78, 5) is 18.7. The highest BCUT2D eigenvalue weighted by Gasteiger charge is 2.20. The molecule has 2 aromatic heterocycles. The fourth-order valence-corrected chi connectivity index (χ4v) is 2.72. The number of furan rings is 1. The van der Waals surface area contributed by atoms with E-state index in [4.69, 9.17) is 8.94 Å². The Bertz CT molecular complexity index is 866. The molecule has 3 aromatic rings. The summed E-state index contributed by atoms with van der Waals surface area (Å²) in [6.07, 6.45) is 1.35. The number of hydrogen-bond acceptors (Lipinski definition) is 6. The second kappa shape index (κ2) is 7.48. The van der Waals surface area contributed by atoms with Gasteiger partial charge < -0.3 is 19.2 Å². The molecule has 0 aliphatic carbocycles. The maximum Gasteiger partial charge on any atom is 0.287 e. The molecule has 0 fully saturated rings. The smallest absolute Gasteiger partial charge is 0.287 e. The predicted octanol–water partition coefficient (Wildman–Crippen LogP) is 2.55. The van der Waals surface area contributed by atoms with Gasteiger partial charge in [-0.25, -0.2) is 0 Å². The van der Waals surface area contributed by atoms with Crippen LogP contribution in [0.5, 0.6) is 0 Å². The Morgan fingerprint density at radius 2 is 2.08 bits per heavy atom. The Hall–Kier alpha value is -2.67. The third kappa shape index (κ3) is 4.06. The standard InChI is InChI=1S/C18H22N4O3/c1-12-20-16(25-21-12)9-6-10-19-18(23)17-14(11-22(2)3)13-7-4-5-8-15(13)24-17/h4-5,7-8H,6,9-11H2,1-3H3,(H,19,23). The Kier molecular flexibility index (Phi) is 5.14. The summed E-state index contributed by atoms with van der Waals surface area (Å²) in [5, 5.41) is 7.63. The monoisotopic (exact) mass is 342 g/mol. The topological polar surface area (TPSA) is 84.4 Å². The highest BCUT2D eigenvalue weighted by Crippen LogP contribution is 2.26. The first-order valence-electron chi connectivity index (χ1n) is 8.27. The molecule has 1 N–H and O–H groups in total. The second-order valence-electron chi connectivity index (χ2n) is 6.24. The molecule has 1 amide bonds. The zero-order valence-electron chi connectivity index (χ0n) is 14.7. The summed E-state index contributed by atoms with van der Waals surface area (Å²) >= 11 is 0. The number of hydrogen-bond donors (Lipinski definition) is 1. The van der Waals surface area contributed by atoms with E-state index in [1.807, 2.05) is 43.3 Å². The largest absolute Gasteiger partial charge is 0.451 e. The molecule has 0 aliphatic rings. The highest BCUT2D eigenvalue weighted by molar-refractivity contribution is 5.99. The molecule has 0 saturated heterocycles. The van der Waals surface area contributed by atoms with Gasteiger partial charge in [0.2, 0.25) is 5.89 Å². The molecule has 7 nitrogen and oxygen atoms in total. The first kappa shape index (κ1) is 17.2. The van der Waals surface area contributed by atoms with E-state index in [2.05, 4.69) is 15.5 Å². The molecule has 1 aromatic carbocycles. The van der Waals surface area contributed by atoms with Crippen molar-refractivity contribution >= 4 is 16.9 Å². The van der Waals surface area contributed by atoms with Gasteiger partial charge in [-0.3, -0.25) is 4.79 Å². The number of fused-ring (bicyclic) bond motifs is 1. The van der Waals surface area contributed by atoms with Crippen LogP contribution in [0.15, 0.2) is 33.2 Å². The molecule has 132 valence electrons. The normalized spacial score (nSPS) is 11.4. The fraction of sp³-hybridized carbons (Fsp3) is 0.389. The molecule has 0 spiro atoms. The van der Waals surface area contributed by atoms with Gasteiger partial charge in [0.1, 0.15) is 5.58 Å².